The Morgan fingerprint density at radius 3 is 3.20 bits per heavy atom. The van der Waals surface area contributed by atoms with E-state index in [1.54, 1.807) is 24.8 Å². The molecule has 0 bridgehead atoms. The molecule has 1 heterocycles. The zero-order valence-electron chi connectivity index (χ0n) is 5.60. The van der Waals surface area contributed by atoms with Crippen LogP contribution >= 0.6 is 0 Å². The van der Waals surface area contributed by atoms with E-state index in [0.717, 1.165) is 0 Å². The van der Waals surface area contributed by atoms with Gasteiger partial charge in [-0.05, 0) is 24.3 Å². The highest BCUT2D eigenvalue weighted by Crippen LogP contribution is 1.84. The van der Waals surface area contributed by atoms with Gasteiger partial charge in [0, 0.05) is 12.4 Å². The van der Waals surface area contributed by atoms with E-state index in [1.807, 2.05) is 18.2 Å². The van der Waals surface area contributed by atoms with Crippen molar-refractivity contribution in [2.24, 2.45) is 4.99 Å². The number of hydrogen-bond donors (Lipinski definition) is 0. The van der Waals surface area contributed by atoms with Gasteiger partial charge in [0.25, 0.3) is 0 Å². The van der Waals surface area contributed by atoms with Crippen LogP contribution in [0.1, 0.15) is 0 Å². The number of nitrogens with zero attached hydrogens (tertiary/aromatic N) is 1. The predicted octanol–water partition coefficient (Wildman–Crippen LogP) is 1.67. The molecule has 10 heavy (non-hydrogen) atoms. The SMILES string of the molecule is C1=C\N=C\C=C/CO\C=C/1. The molecule has 0 aliphatic carbocycles. The summed E-state index contributed by atoms with van der Waals surface area (Å²) in [6.45, 7) is 0.607. The quantitative estimate of drug-likeness (QED) is 0.495. The van der Waals surface area contributed by atoms with E-state index >= 15 is 0 Å². The lowest BCUT2D eigenvalue weighted by molar-refractivity contribution is 0.290. The number of hydrogen-bond acceptors (Lipinski definition) is 2. The van der Waals surface area contributed by atoms with Crippen molar-refractivity contribution in [2.75, 3.05) is 6.61 Å². The van der Waals surface area contributed by atoms with E-state index in [2.05, 4.69) is 4.99 Å². The number of aliphatic imine (C=N–C) groups is 1. The van der Waals surface area contributed by atoms with Crippen molar-refractivity contribution in [3.05, 3.63) is 36.8 Å². The molecule has 0 aromatic rings. The highest BCUT2D eigenvalue weighted by molar-refractivity contribution is 5.71. The summed E-state index contributed by atoms with van der Waals surface area (Å²) in [7, 11) is 0. The Morgan fingerprint density at radius 1 is 1.20 bits per heavy atom. The number of ether oxygens (including phenoxy) is 1. The van der Waals surface area contributed by atoms with Crippen LogP contribution in [-0.2, 0) is 4.74 Å². The number of allylic oxidation sites excluding steroid dienone is 3. The van der Waals surface area contributed by atoms with Crippen molar-refractivity contribution in [3.8, 4) is 0 Å². The van der Waals surface area contributed by atoms with Gasteiger partial charge < -0.3 is 4.74 Å². The topological polar surface area (TPSA) is 21.6 Å². The molecule has 1 rings (SSSR count). The van der Waals surface area contributed by atoms with Gasteiger partial charge in [0.15, 0.2) is 0 Å². The van der Waals surface area contributed by atoms with Gasteiger partial charge in [0.1, 0.15) is 6.61 Å². The molecule has 0 aromatic carbocycles. The molecule has 0 aromatic heterocycles. The molecule has 0 spiro atoms. The fraction of sp³-hybridized carbons (Fsp3) is 0.125. The fourth-order valence-corrected chi connectivity index (χ4v) is 0.527. The van der Waals surface area contributed by atoms with Crippen molar-refractivity contribution >= 4 is 6.21 Å². The molecule has 0 radical (unpaired) electrons. The van der Waals surface area contributed by atoms with Gasteiger partial charge in [0.2, 0.25) is 0 Å². The van der Waals surface area contributed by atoms with E-state index in [1.165, 1.54) is 0 Å². The second-order valence-corrected chi connectivity index (χ2v) is 1.73. The molecule has 0 amide bonds. The van der Waals surface area contributed by atoms with Crippen molar-refractivity contribution < 1.29 is 4.74 Å². The summed E-state index contributed by atoms with van der Waals surface area (Å²) in [5, 5.41) is 0. The smallest absolute Gasteiger partial charge is 0.106 e. The van der Waals surface area contributed by atoms with Crippen molar-refractivity contribution in [2.45, 2.75) is 0 Å². The van der Waals surface area contributed by atoms with Crippen LogP contribution in [0.5, 0.6) is 0 Å². The second-order valence-electron chi connectivity index (χ2n) is 1.73. The normalized spacial score (nSPS) is 29.6. The molecule has 2 heteroatoms. The minimum atomic E-state index is 0.607. The van der Waals surface area contributed by atoms with E-state index in [-0.39, 0.29) is 0 Å². The predicted molar refractivity (Wildman–Crippen MR) is 41.9 cm³/mol. The summed E-state index contributed by atoms with van der Waals surface area (Å²) in [6.07, 6.45) is 12.4. The molecule has 0 unspecified atom stereocenters. The van der Waals surface area contributed by atoms with Crippen molar-refractivity contribution in [1.82, 2.24) is 0 Å². The van der Waals surface area contributed by atoms with Crippen LogP contribution in [0.15, 0.2) is 41.8 Å². The van der Waals surface area contributed by atoms with E-state index in [9.17, 15) is 0 Å². The molecule has 1 aliphatic rings. The van der Waals surface area contributed by atoms with Crippen molar-refractivity contribution in [3.63, 3.8) is 0 Å². The average molecular weight is 135 g/mol. The monoisotopic (exact) mass is 135 g/mol. The van der Waals surface area contributed by atoms with Crippen LogP contribution in [-0.4, -0.2) is 12.8 Å². The lowest BCUT2D eigenvalue weighted by atomic mass is 10.5. The minimum Gasteiger partial charge on any atom is -0.497 e. The Hall–Kier alpha value is -1.31. The first kappa shape index (κ1) is 6.81. The maximum absolute atomic E-state index is 5.03. The van der Waals surface area contributed by atoms with E-state index < -0.39 is 0 Å². The molecule has 0 atom stereocenters. The van der Waals surface area contributed by atoms with Crippen LogP contribution in [0.4, 0.5) is 0 Å². The molecule has 1 aliphatic heterocycles. The van der Waals surface area contributed by atoms with Crippen LogP contribution in [0, 0.1) is 0 Å². The maximum Gasteiger partial charge on any atom is 0.106 e. The van der Waals surface area contributed by atoms with Crippen LogP contribution in [0.25, 0.3) is 0 Å². The van der Waals surface area contributed by atoms with Gasteiger partial charge in [-0.2, -0.15) is 0 Å². The van der Waals surface area contributed by atoms with Crippen molar-refractivity contribution in [1.29, 1.82) is 0 Å². The summed E-state index contributed by atoms with van der Waals surface area (Å²) in [4.78, 5) is 3.93. The average Bonchev–Trinajstić information content (AvgIpc) is 2.01. The first-order valence-corrected chi connectivity index (χ1v) is 3.12. The Bertz CT molecular complexity index is 167. The summed E-state index contributed by atoms with van der Waals surface area (Å²) in [5.41, 5.74) is 0. The third kappa shape index (κ3) is 2.87. The van der Waals surface area contributed by atoms with E-state index in [0.29, 0.717) is 6.61 Å². The zero-order valence-corrected chi connectivity index (χ0v) is 5.60. The summed E-state index contributed by atoms with van der Waals surface area (Å²) in [5.74, 6) is 0. The first-order valence-electron chi connectivity index (χ1n) is 3.12. The Labute approximate surface area is 60.2 Å². The van der Waals surface area contributed by atoms with Gasteiger partial charge in [-0.25, -0.2) is 0 Å². The maximum atomic E-state index is 5.03. The molecular weight excluding hydrogens is 126 g/mol. The molecule has 0 saturated heterocycles. The lowest BCUT2D eigenvalue weighted by Gasteiger charge is -1.91. The molecule has 0 saturated carbocycles. The third-order valence-corrected chi connectivity index (χ3v) is 0.959. The lowest BCUT2D eigenvalue weighted by Crippen LogP contribution is -1.80. The summed E-state index contributed by atoms with van der Waals surface area (Å²) in [6, 6.07) is 0. The van der Waals surface area contributed by atoms with E-state index in [4.69, 9.17) is 4.74 Å². The minimum absolute atomic E-state index is 0.607. The molecule has 2 nitrogen and oxygen atoms in total. The highest BCUT2D eigenvalue weighted by atomic mass is 16.5. The highest BCUT2D eigenvalue weighted by Gasteiger charge is 1.73. The van der Waals surface area contributed by atoms with Crippen LogP contribution in [0.2, 0.25) is 0 Å². The third-order valence-electron chi connectivity index (χ3n) is 0.959. The van der Waals surface area contributed by atoms with Gasteiger partial charge >= 0.3 is 0 Å². The van der Waals surface area contributed by atoms with Gasteiger partial charge in [-0.15, -0.1) is 0 Å². The van der Waals surface area contributed by atoms with Crippen LogP contribution < -0.4 is 0 Å². The standard InChI is InChI=1S/C8H9NO/c1-3-7-10-8-4-2-6-9-5-1/h1-7H,8H2/b4-2-,5-1-,7-3-,9-6+. The number of rotatable bonds is 0. The molecule has 0 fully saturated rings. The van der Waals surface area contributed by atoms with Gasteiger partial charge in [-0.3, -0.25) is 4.99 Å². The summed E-state index contributed by atoms with van der Waals surface area (Å²) >= 11 is 0. The van der Waals surface area contributed by atoms with Gasteiger partial charge in [0.05, 0.1) is 6.26 Å². The largest absolute Gasteiger partial charge is 0.497 e. The Kier molecular flexibility index (Phi) is 3.10. The molecule has 0 N–H and O–H groups in total. The Balaban J connectivity index is 2.53. The second kappa shape index (κ2) is 4.56. The zero-order chi connectivity index (χ0) is 7.07. The van der Waals surface area contributed by atoms with Crippen LogP contribution in [0.3, 0.4) is 0 Å². The molecular formula is C8H9NO. The first-order chi connectivity index (χ1) is 5.00. The Morgan fingerprint density at radius 2 is 2.20 bits per heavy atom. The molecule has 52 valence electrons. The fourth-order valence-electron chi connectivity index (χ4n) is 0.527. The summed E-state index contributed by atoms with van der Waals surface area (Å²) < 4.78 is 5.03. The van der Waals surface area contributed by atoms with Gasteiger partial charge in [-0.1, -0.05) is 0 Å².